The second-order valence-corrected chi connectivity index (χ2v) is 7.34. The maximum atomic E-state index is 11.4. The van der Waals surface area contributed by atoms with Crippen LogP contribution in [0.4, 0.5) is 11.5 Å². The fourth-order valence-corrected chi connectivity index (χ4v) is 4.11. The van der Waals surface area contributed by atoms with Crippen LogP contribution in [0.3, 0.4) is 0 Å². The quantitative estimate of drug-likeness (QED) is 0.564. The molecule has 0 saturated carbocycles. The molecule has 2 aromatic carbocycles. The van der Waals surface area contributed by atoms with Gasteiger partial charge in [0.15, 0.2) is 5.65 Å². The van der Waals surface area contributed by atoms with Crippen LogP contribution >= 0.6 is 0 Å². The van der Waals surface area contributed by atoms with E-state index in [1.165, 1.54) is 24.4 Å². The molecule has 0 unspecified atom stereocenters. The summed E-state index contributed by atoms with van der Waals surface area (Å²) in [4.78, 5) is 20.1. The van der Waals surface area contributed by atoms with Gasteiger partial charge in [0.25, 0.3) is 0 Å². The van der Waals surface area contributed by atoms with E-state index in [2.05, 4.69) is 39.6 Å². The van der Waals surface area contributed by atoms with Crippen LogP contribution in [0.15, 0.2) is 54.9 Å². The lowest BCUT2D eigenvalue weighted by Gasteiger charge is -2.10. The maximum Gasteiger partial charge on any atom is 0.221 e. The minimum atomic E-state index is -0.121. The minimum absolute atomic E-state index is 0.121. The third-order valence-corrected chi connectivity index (χ3v) is 5.35. The van der Waals surface area contributed by atoms with E-state index in [-0.39, 0.29) is 11.9 Å². The van der Waals surface area contributed by atoms with Gasteiger partial charge in [-0.3, -0.25) is 4.79 Å². The first kappa shape index (κ1) is 17.4. The number of hydrogen-bond donors (Lipinski definition) is 2. The molecule has 0 aliphatic heterocycles. The molecule has 1 aliphatic rings. The Hall–Kier alpha value is -3.74. The van der Waals surface area contributed by atoms with Gasteiger partial charge in [0, 0.05) is 18.2 Å². The van der Waals surface area contributed by atoms with Crippen molar-refractivity contribution in [3.8, 4) is 11.3 Å². The highest BCUT2D eigenvalue weighted by Crippen LogP contribution is 2.36. The number of fused-ring (bicyclic) bond motifs is 2. The molecule has 1 aliphatic carbocycles. The molecule has 0 saturated heterocycles. The van der Waals surface area contributed by atoms with E-state index in [1.54, 1.807) is 0 Å². The average Bonchev–Trinajstić information content (AvgIpc) is 3.30. The molecule has 29 heavy (non-hydrogen) atoms. The Bertz CT molecular complexity index is 1220. The lowest BCUT2D eigenvalue weighted by molar-refractivity contribution is -0.114. The van der Waals surface area contributed by atoms with Crippen molar-refractivity contribution < 1.29 is 4.79 Å². The van der Waals surface area contributed by atoms with E-state index in [0.717, 1.165) is 35.1 Å². The van der Waals surface area contributed by atoms with Gasteiger partial charge >= 0.3 is 0 Å². The Morgan fingerprint density at radius 1 is 1.10 bits per heavy atom. The zero-order valence-corrected chi connectivity index (χ0v) is 16.0. The predicted octanol–water partition coefficient (Wildman–Crippen LogP) is 3.37. The number of aromatic nitrogens is 4. The number of nitrogens with one attached hydrogen (secondary N) is 1. The summed E-state index contributed by atoms with van der Waals surface area (Å²) < 4.78 is 1.98. The summed E-state index contributed by atoms with van der Waals surface area (Å²) in [7, 11) is 0. The highest BCUT2D eigenvalue weighted by molar-refractivity contribution is 5.99. The number of anilines is 2. The van der Waals surface area contributed by atoms with E-state index in [0.29, 0.717) is 11.5 Å². The van der Waals surface area contributed by atoms with Crippen molar-refractivity contribution in [1.82, 2.24) is 19.7 Å². The smallest absolute Gasteiger partial charge is 0.221 e. The van der Waals surface area contributed by atoms with Gasteiger partial charge in [0.1, 0.15) is 17.8 Å². The summed E-state index contributed by atoms with van der Waals surface area (Å²) in [5.41, 5.74) is 11.9. The van der Waals surface area contributed by atoms with E-state index < -0.39 is 0 Å². The molecule has 0 bridgehead atoms. The van der Waals surface area contributed by atoms with Crippen molar-refractivity contribution in [2.45, 2.75) is 25.8 Å². The van der Waals surface area contributed by atoms with Crippen LogP contribution in [0.1, 0.15) is 24.1 Å². The standard InChI is InChI=1S/C22H20N6O/c1-13(29)26-17-8-4-7-16(9-17)20-19-21(23)24-12-25-22(19)28(27-20)18-10-14-5-2-3-6-15(14)11-18/h2-9,12,18H,10-11H2,1H3,(H,26,29)(H2,23,24,25). The molecular weight excluding hydrogens is 364 g/mol. The van der Waals surface area contributed by atoms with Crippen molar-refractivity contribution in [3.05, 3.63) is 66.0 Å². The zero-order valence-electron chi connectivity index (χ0n) is 16.0. The van der Waals surface area contributed by atoms with Crippen LogP contribution in [-0.4, -0.2) is 25.7 Å². The number of nitrogens with two attached hydrogens (primary N) is 1. The summed E-state index contributed by atoms with van der Waals surface area (Å²) in [5.74, 6) is 0.279. The molecule has 7 heteroatoms. The van der Waals surface area contributed by atoms with E-state index in [4.69, 9.17) is 10.8 Å². The van der Waals surface area contributed by atoms with Crippen molar-refractivity contribution in [2.75, 3.05) is 11.1 Å². The molecule has 0 atom stereocenters. The maximum absolute atomic E-state index is 11.4. The topological polar surface area (TPSA) is 98.7 Å². The number of carbonyl (C=O) groups is 1. The average molecular weight is 384 g/mol. The number of rotatable bonds is 3. The number of nitrogens with zero attached hydrogens (tertiary/aromatic N) is 4. The van der Waals surface area contributed by atoms with E-state index in [1.807, 2.05) is 28.9 Å². The Kier molecular flexibility index (Phi) is 4.01. The highest BCUT2D eigenvalue weighted by Gasteiger charge is 2.27. The van der Waals surface area contributed by atoms with Gasteiger partial charge in [-0.1, -0.05) is 36.4 Å². The van der Waals surface area contributed by atoms with Crippen molar-refractivity contribution >= 4 is 28.4 Å². The summed E-state index contributed by atoms with van der Waals surface area (Å²) in [6.45, 7) is 1.49. The van der Waals surface area contributed by atoms with Crippen molar-refractivity contribution in [1.29, 1.82) is 0 Å². The van der Waals surface area contributed by atoms with Crippen molar-refractivity contribution in [3.63, 3.8) is 0 Å². The lowest BCUT2D eigenvalue weighted by Crippen LogP contribution is -2.11. The normalized spacial score (nSPS) is 13.6. The highest BCUT2D eigenvalue weighted by atomic mass is 16.1. The molecule has 2 aromatic heterocycles. The molecule has 0 radical (unpaired) electrons. The number of hydrogen-bond acceptors (Lipinski definition) is 5. The van der Waals surface area contributed by atoms with Crippen LogP contribution < -0.4 is 11.1 Å². The monoisotopic (exact) mass is 384 g/mol. The third kappa shape index (κ3) is 3.00. The van der Waals surface area contributed by atoms with Crippen LogP contribution in [0.25, 0.3) is 22.3 Å². The number of benzene rings is 2. The van der Waals surface area contributed by atoms with Gasteiger partial charge in [-0.05, 0) is 36.1 Å². The Balaban J connectivity index is 1.64. The predicted molar refractivity (Wildman–Crippen MR) is 112 cm³/mol. The minimum Gasteiger partial charge on any atom is -0.383 e. The van der Waals surface area contributed by atoms with E-state index in [9.17, 15) is 4.79 Å². The summed E-state index contributed by atoms with van der Waals surface area (Å²) in [6, 6.07) is 16.2. The van der Waals surface area contributed by atoms with Gasteiger partial charge in [0.2, 0.25) is 5.91 Å². The van der Waals surface area contributed by atoms with Gasteiger partial charge in [-0.25, -0.2) is 14.6 Å². The summed E-state index contributed by atoms with van der Waals surface area (Å²) in [5, 5.41) is 8.48. The molecule has 5 rings (SSSR count). The van der Waals surface area contributed by atoms with Gasteiger partial charge < -0.3 is 11.1 Å². The largest absolute Gasteiger partial charge is 0.383 e. The first-order valence-corrected chi connectivity index (χ1v) is 9.53. The van der Waals surface area contributed by atoms with Crippen LogP contribution in [0, 0.1) is 0 Å². The molecule has 3 N–H and O–H groups in total. The molecule has 4 aromatic rings. The molecule has 2 heterocycles. The van der Waals surface area contributed by atoms with Crippen molar-refractivity contribution in [2.24, 2.45) is 0 Å². The first-order chi connectivity index (χ1) is 14.1. The van der Waals surface area contributed by atoms with Crippen LogP contribution in [-0.2, 0) is 17.6 Å². The lowest BCUT2D eigenvalue weighted by atomic mass is 10.1. The van der Waals surface area contributed by atoms with Gasteiger partial charge in [-0.15, -0.1) is 0 Å². The Morgan fingerprint density at radius 3 is 2.59 bits per heavy atom. The Labute approximate surface area is 167 Å². The number of nitrogen functional groups attached to an aromatic ring is 1. The molecule has 7 nitrogen and oxygen atoms in total. The Morgan fingerprint density at radius 2 is 1.86 bits per heavy atom. The summed E-state index contributed by atoms with van der Waals surface area (Å²) in [6.07, 6.45) is 3.29. The third-order valence-electron chi connectivity index (χ3n) is 5.35. The number of amides is 1. The summed E-state index contributed by atoms with van der Waals surface area (Å²) >= 11 is 0. The SMILES string of the molecule is CC(=O)Nc1cccc(-c2nn(C3Cc4ccccc4C3)c3ncnc(N)c23)c1. The van der Waals surface area contributed by atoms with Gasteiger partial charge in [0.05, 0.1) is 11.4 Å². The fraction of sp³-hybridized carbons (Fsp3) is 0.182. The number of carbonyl (C=O) groups excluding carboxylic acids is 1. The van der Waals surface area contributed by atoms with Crippen LogP contribution in [0.5, 0.6) is 0 Å². The van der Waals surface area contributed by atoms with Crippen LogP contribution in [0.2, 0.25) is 0 Å². The molecule has 144 valence electrons. The molecule has 0 spiro atoms. The first-order valence-electron chi connectivity index (χ1n) is 9.53. The van der Waals surface area contributed by atoms with Gasteiger partial charge in [-0.2, -0.15) is 5.10 Å². The van der Waals surface area contributed by atoms with E-state index >= 15 is 0 Å². The zero-order chi connectivity index (χ0) is 20.0. The molecule has 1 amide bonds. The second-order valence-electron chi connectivity index (χ2n) is 7.34. The second kappa shape index (κ2) is 6.70. The molecule has 0 fully saturated rings. The fourth-order valence-electron chi connectivity index (χ4n) is 4.11. The molecular formula is C22H20N6O.